The van der Waals surface area contributed by atoms with E-state index < -0.39 is 11.9 Å². The molecule has 2 aromatic carbocycles. The fourth-order valence-electron chi connectivity index (χ4n) is 2.74. The zero-order valence-corrected chi connectivity index (χ0v) is 16.6. The van der Waals surface area contributed by atoms with Crippen LogP contribution in [0.2, 0.25) is 0 Å². The number of hydrogen-bond acceptors (Lipinski definition) is 6. The van der Waals surface area contributed by atoms with E-state index in [4.69, 9.17) is 18.6 Å². The van der Waals surface area contributed by atoms with Crippen LogP contribution in [0.3, 0.4) is 0 Å². The first-order valence-electron chi connectivity index (χ1n) is 9.48. The Morgan fingerprint density at radius 3 is 2.53 bits per heavy atom. The monoisotopic (exact) mass is 409 g/mol. The van der Waals surface area contributed by atoms with Crippen LogP contribution in [0.1, 0.15) is 21.9 Å². The third-order valence-electron chi connectivity index (χ3n) is 4.23. The van der Waals surface area contributed by atoms with E-state index in [0.29, 0.717) is 24.5 Å². The van der Waals surface area contributed by atoms with E-state index in [2.05, 4.69) is 5.32 Å². The first-order chi connectivity index (χ1) is 14.7. The number of esters is 1. The lowest BCUT2D eigenvalue weighted by Gasteiger charge is -2.09. The second-order valence-electron chi connectivity index (χ2n) is 6.36. The molecule has 1 amide bonds. The minimum atomic E-state index is -0.708. The van der Waals surface area contributed by atoms with Crippen molar-refractivity contribution in [2.75, 3.05) is 20.3 Å². The molecule has 30 heavy (non-hydrogen) atoms. The van der Waals surface area contributed by atoms with Gasteiger partial charge in [-0.25, -0.2) is 4.79 Å². The van der Waals surface area contributed by atoms with Crippen molar-refractivity contribution in [3.8, 4) is 11.5 Å². The molecule has 0 aliphatic heterocycles. The number of benzene rings is 2. The lowest BCUT2D eigenvalue weighted by Crippen LogP contribution is -2.30. The summed E-state index contributed by atoms with van der Waals surface area (Å²) in [5, 5.41) is 2.71. The Morgan fingerprint density at radius 1 is 0.967 bits per heavy atom. The number of furan rings is 1. The maximum Gasteiger partial charge on any atom is 0.374 e. The predicted octanol–water partition coefficient (Wildman–Crippen LogP) is 3.38. The lowest BCUT2D eigenvalue weighted by atomic mass is 10.1. The SMILES string of the molecule is COc1ccccc1CCNC(=O)COC(=O)c1ccc(COc2ccccc2)o1. The Hall–Kier alpha value is -3.74. The molecule has 0 saturated carbocycles. The van der Waals surface area contributed by atoms with Crippen molar-refractivity contribution in [1.82, 2.24) is 5.32 Å². The molecule has 3 aromatic rings. The molecule has 1 heterocycles. The molecule has 0 bridgehead atoms. The van der Waals surface area contributed by atoms with Crippen LogP contribution < -0.4 is 14.8 Å². The summed E-state index contributed by atoms with van der Waals surface area (Å²) in [6.07, 6.45) is 0.604. The minimum absolute atomic E-state index is 0.0171. The van der Waals surface area contributed by atoms with Crippen molar-refractivity contribution in [2.24, 2.45) is 0 Å². The van der Waals surface area contributed by atoms with Gasteiger partial charge >= 0.3 is 5.97 Å². The molecule has 0 unspecified atom stereocenters. The molecular formula is C23H23NO6. The van der Waals surface area contributed by atoms with Crippen molar-refractivity contribution in [2.45, 2.75) is 13.0 Å². The number of rotatable bonds is 10. The quantitative estimate of drug-likeness (QED) is 0.517. The van der Waals surface area contributed by atoms with Crippen LogP contribution in [0.5, 0.6) is 11.5 Å². The molecule has 1 aromatic heterocycles. The fraction of sp³-hybridized carbons (Fsp3) is 0.217. The smallest absolute Gasteiger partial charge is 0.374 e. The van der Waals surface area contributed by atoms with Crippen molar-refractivity contribution in [3.05, 3.63) is 83.8 Å². The van der Waals surface area contributed by atoms with Crippen molar-refractivity contribution in [3.63, 3.8) is 0 Å². The number of ether oxygens (including phenoxy) is 3. The molecule has 0 spiro atoms. The number of methoxy groups -OCH3 is 1. The van der Waals surface area contributed by atoms with Gasteiger partial charge in [-0.2, -0.15) is 0 Å². The van der Waals surface area contributed by atoms with Gasteiger partial charge in [0, 0.05) is 6.54 Å². The van der Waals surface area contributed by atoms with Crippen molar-refractivity contribution in [1.29, 1.82) is 0 Å². The standard InChI is InChI=1S/C23H23NO6/c1-27-20-10-6-5-7-17(20)13-14-24-22(25)16-29-23(26)21-12-11-19(30-21)15-28-18-8-3-2-4-9-18/h2-12H,13-16H2,1H3,(H,24,25). The normalized spacial score (nSPS) is 10.3. The average Bonchev–Trinajstić information content (AvgIpc) is 3.26. The summed E-state index contributed by atoms with van der Waals surface area (Å²) in [6.45, 7) is 0.195. The van der Waals surface area contributed by atoms with E-state index in [1.54, 1.807) is 13.2 Å². The van der Waals surface area contributed by atoms with Gasteiger partial charge in [0.05, 0.1) is 7.11 Å². The van der Waals surface area contributed by atoms with Gasteiger partial charge in [-0.1, -0.05) is 36.4 Å². The maximum absolute atomic E-state index is 12.1. The first-order valence-corrected chi connectivity index (χ1v) is 9.48. The Morgan fingerprint density at radius 2 is 1.73 bits per heavy atom. The van der Waals surface area contributed by atoms with Crippen molar-refractivity contribution >= 4 is 11.9 Å². The summed E-state index contributed by atoms with van der Waals surface area (Å²) in [4.78, 5) is 24.0. The maximum atomic E-state index is 12.1. The highest BCUT2D eigenvalue weighted by Crippen LogP contribution is 2.17. The van der Waals surface area contributed by atoms with Gasteiger partial charge in [-0.3, -0.25) is 4.79 Å². The number of carbonyl (C=O) groups excluding carboxylic acids is 2. The molecule has 3 rings (SSSR count). The summed E-state index contributed by atoms with van der Waals surface area (Å²) in [6, 6.07) is 20.0. The molecule has 0 radical (unpaired) electrons. The van der Waals surface area contributed by atoms with Crippen LogP contribution in [0, 0.1) is 0 Å². The Kier molecular flexibility index (Phi) is 7.49. The van der Waals surface area contributed by atoms with Crippen molar-refractivity contribution < 1.29 is 28.2 Å². The van der Waals surface area contributed by atoms with Gasteiger partial charge in [0.2, 0.25) is 5.76 Å². The van der Waals surface area contributed by atoms with E-state index in [-0.39, 0.29) is 19.0 Å². The Balaban J connectivity index is 1.38. The van der Waals surface area contributed by atoms with E-state index in [1.807, 2.05) is 54.6 Å². The highest BCUT2D eigenvalue weighted by Gasteiger charge is 2.15. The van der Waals surface area contributed by atoms with Crippen LogP contribution >= 0.6 is 0 Å². The van der Waals surface area contributed by atoms with Gasteiger partial charge in [0.1, 0.15) is 23.9 Å². The number of nitrogens with one attached hydrogen (secondary N) is 1. The van der Waals surface area contributed by atoms with E-state index >= 15 is 0 Å². The molecular weight excluding hydrogens is 386 g/mol. The third kappa shape index (κ3) is 6.13. The Labute approximate surface area is 174 Å². The largest absolute Gasteiger partial charge is 0.496 e. The molecule has 0 atom stereocenters. The van der Waals surface area contributed by atoms with Gasteiger partial charge in [-0.15, -0.1) is 0 Å². The van der Waals surface area contributed by atoms with Gasteiger partial charge in [-0.05, 0) is 42.3 Å². The highest BCUT2D eigenvalue weighted by atomic mass is 16.6. The molecule has 1 N–H and O–H groups in total. The van der Waals surface area contributed by atoms with Crippen LogP contribution in [0.4, 0.5) is 0 Å². The zero-order valence-electron chi connectivity index (χ0n) is 16.6. The topological polar surface area (TPSA) is 87.0 Å². The molecule has 156 valence electrons. The summed E-state index contributed by atoms with van der Waals surface area (Å²) in [5.74, 6) is 0.861. The third-order valence-corrected chi connectivity index (χ3v) is 4.23. The van der Waals surface area contributed by atoms with E-state index in [9.17, 15) is 9.59 Å². The number of carbonyl (C=O) groups is 2. The number of para-hydroxylation sites is 2. The van der Waals surface area contributed by atoms with Crippen LogP contribution in [0.25, 0.3) is 0 Å². The van der Waals surface area contributed by atoms with Crippen LogP contribution in [-0.4, -0.2) is 32.1 Å². The Bertz CT molecular complexity index is 967. The van der Waals surface area contributed by atoms with Gasteiger partial charge in [0.15, 0.2) is 6.61 Å². The van der Waals surface area contributed by atoms with Crippen LogP contribution in [0.15, 0.2) is 71.1 Å². The number of hydrogen-bond donors (Lipinski definition) is 1. The molecule has 0 aliphatic carbocycles. The molecule has 0 saturated heterocycles. The second kappa shape index (κ2) is 10.7. The minimum Gasteiger partial charge on any atom is -0.496 e. The van der Waals surface area contributed by atoms with Gasteiger partial charge in [0.25, 0.3) is 5.91 Å². The van der Waals surface area contributed by atoms with Gasteiger partial charge < -0.3 is 23.9 Å². The predicted molar refractivity (Wildman–Crippen MR) is 109 cm³/mol. The molecule has 7 heteroatoms. The van der Waals surface area contributed by atoms with E-state index in [0.717, 1.165) is 11.3 Å². The van der Waals surface area contributed by atoms with E-state index in [1.165, 1.54) is 6.07 Å². The molecule has 7 nitrogen and oxygen atoms in total. The summed E-state index contributed by atoms with van der Waals surface area (Å²) < 4.78 is 21.3. The second-order valence-corrected chi connectivity index (χ2v) is 6.36. The average molecular weight is 409 g/mol. The number of amides is 1. The van der Waals surface area contributed by atoms with Crippen LogP contribution in [-0.2, 0) is 22.6 Å². The zero-order chi connectivity index (χ0) is 21.2. The first kappa shape index (κ1) is 21.0. The summed E-state index contributed by atoms with van der Waals surface area (Å²) in [7, 11) is 1.60. The lowest BCUT2D eigenvalue weighted by molar-refractivity contribution is -0.124. The highest BCUT2D eigenvalue weighted by molar-refractivity contribution is 5.88. The summed E-state index contributed by atoms with van der Waals surface area (Å²) in [5.41, 5.74) is 0.984. The molecule has 0 aliphatic rings. The molecule has 0 fully saturated rings. The fourth-order valence-corrected chi connectivity index (χ4v) is 2.74. The summed E-state index contributed by atoms with van der Waals surface area (Å²) >= 11 is 0.